The molecule has 32 heavy (non-hydrogen) atoms. The Morgan fingerprint density at radius 2 is 1.94 bits per heavy atom. The highest BCUT2D eigenvalue weighted by Crippen LogP contribution is 2.33. The molecular formula is C24H17BrN2O5. The molecule has 1 aliphatic heterocycles. The summed E-state index contributed by atoms with van der Waals surface area (Å²) in [7, 11) is 0. The zero-order valence-corrected chi connectivity index (χ0v) is 18.3. The molecule has 8 heteroatoms. The summed E-state index contributed by atoms with van der Waals surface area (Å²) in [6.45, 7) is 0.628. The number of hydrogen-bond donors (Lipinski definition) is 1. The van der Waals surface area contributed by atoms with E-state index in [2.05, 4.69) is 26.5 Å². The van der Waals surface area contributed by atoms with Crippen molar-refractivity contribution in [2.45, 2.75) is 6.61 Å². The van der Waals surface area contributed by atoms with Crippen molar-refractivity contribution >= 4 is 39.0 Å². The monoisotopic (exact) mass is 492 g/mol. The summed E-state index contributed by atoms with van der Waals surface area (Å²) in [6.07, 6.45) is 1.55. The molecule has 0 bridgehead atoms. The third kappa shape index (κ3) is 4.31. The highest BCUT2D eigenvalue weighted by Gasteiger charge is 2.14. The normalized spacial score (nSPS) is 12.4. The van der Waals surface area contributed by atoms with Crippen molar-refractivity contribution in [1.29, 1.82) is 0 Å². The molecule has 3 aromatic carbocycles. The van der Waals surface area contributed by atoms with Crippen LogP contribution in [-0.4, -0.2) is 18.9 Å². The highest BCUT2D eigenvalue weighted by molar-refractivity contribution is 9.10. The average molecular weight is 493 g/mol. The Kier molecular flexibility index (Phi) is 5.51. The Labute approximate surface area is 191 Å². The van der Waals surface area contributed by atoms with Crippen LogP contribution in [0.25, 0.3) is 11.0 Å². The molecule has 1 N–H and O–H groups in total. The third-order valence-electron chi connectivity index (χ3n) is 4.82. The number of amides is 1. The molecule has 4 aromatic rings. The van der Waals surface area contributed by atoms with Crippen molar-refractivity contribution in [3.8, 4) is 17.2 Å². The molecular weight excluding hydrogens is 476 g/mol. The number of carbonyl (C=O) groups excluding carboxylic acids is 1. The van der Waals surface area contributed by atoms with Gasteiger partial charge in [0, 0.05) is 5.39 Å². The van der Waals surface area contributed by atoms with Gasteiger partial charge >= 0.3 is 5.91 Å². The van der Waals surface area contributed by atoms with E-state index in [-0.39, 0.29) is 12.6 Å². The largest absolute Gasteiger partial charge is 0.488 e. The first-order valence-electron chi connectivity index (χ1n) is 9.78. The molecule has 1 aliphatic rings. The number of benzene rings is 3. The minimum absolute atomic E-state index is 0.205. The highest BCUT2D eigenvalue weighted by atomic mass is 79.9. The summed E-state index contributed by atoms with van der Waals surface area (Å²) < 4.78 is 22.9. The fourth-order valence-corrected chi connectivity index (χ4v) is 3.73. The van der Waals surface area contributed by atoms with Crippen LogP contribution in [0.4, 0.5) is 0 Å². The van der Waals surface area contributed by atoms with Gasteiger partial charge in [-0.1, -0.05) is 24.3 Å². The van der Waals surface area contributed by atoms with Crippen LogP contribution in [0.5, 0.6) is 17.2 Å². The van der Waals surface area contributed by atoms with E-state index in [1.54, 1.807) is 12.3 Å². The summed E-state index contributed by atoms with van der Waals surface area (Å²) in [6, 6.07) is 20.4. The number of furan rings is 1. The smallest absolute Gasteiger partial charge is 0.307 e. The molecule has 1 amide bonds. The molecule has 0 saturated carbocycles. The summed E-state index contributed by atoms with van der Waals surface area (Å²) in [5.74, 6) is 1.94. The van der Waals surface area contributed by atoms with E-state index in [0.717, 1.165) is 32.5 Å². The van der Waals surface area contributed by atoms with Gasteiger partial charge in [-0.15, -0.1) is 0 Å². The molecule has 0 fully saturated rings. The van der Waals surface area contributed by atoms with Crippen LogP contribution in [0.15, 0.2) is 80.7 Å². The van der Waals surface area contributed by atoms with Crippen LogP contribution in [0.3, 0.4) is 0 Å². The standard InChI is InChI=1S/C24H17BrN2O5/c25-18-9-15(12-26-27-24(28)23-11-17-3-1-2-4-19(17)32-23)5-7-20(18)29-13-16-6-8-21-22(10-16)31-14-30-21/h1-12H,13-14H2,(H,27,28)/b26-12+. The lowest BCUT2D eigenvalue weighted by atomic mass is 10.2. The lowest BCUT2D eigenvalue weighted by Gasteiger charge is -2.09. The van der Waals surface area contributed by atoms with E-state index in [9.17, 15) is 4.79 Å². The lowest BCUT2D eigenvalue weighted by molar-refractivity contribution is 0.0929. The first-order chi connectivity index (χ1) is 15.7. The summed E-state index contributed by atoms with van der Waals surface area (Å²) in [5.41, 5.74) is 4.89. The molecule has 0 saturated heterocycles. The summed E-state index contributed by atoms with van der Waals surface area (Å²) >= 11 is 3.51. The van der Waals surface area contributed by atoms with Crippen molar-refractivity contribution in [2.24, 2.45) is 5.10 Å². The fourth-order valence-electron chi connectivity index (χ4n) is 3.22. The number of carbonyl (C=O) groups is 1. The van der Waals surface area contributed by atoms with Crippen LogP contribution >= 0.6 is 15.9 Å². The maximum atomic E-state index is 12.3. The van der Waals surface area contributed by atoms with Crippen molar-refractivity contribution in [1.82, 2.24) is 5.43 Å². The van der Waals surface area contributed by atoms with Gasteiger partial charge in [-0.2, -0.15) is 5.10 Å². The quantitative estimate of drug-likeness (QED) is 0.293. The second-order valence-electron chi connectivity index (χ2n) is 7.01. The van der Waals surface area contributed by atoms with E-state index in [4.69, 9.17) is 18.6 Å². The minimum Gasteiger partial charge on any atom is -0.488 e. The maximum Gasteiger partial charge on any atom is 0.307 e. The Balaban J connectivity index is 1.19. The van der Waals surface area contributed by atoms with Gasteiger partial charge in [0.05, 0.1) is 10.7 Å². The zero-order valence-electron chi connectivity index (χ0n) is 16.7. The van der Waals surface area contributed by atoms with Gasteiger partial charge in [-0.25, -0.2) is 5.43 Å². The molecule has 0 radical (unpaired) electrons. The Morgan fingerprint density at radius 1 is 1.06 bits per heavy atom. The number of fused-ring (bicyclic) bond motifs is 2. The lowest BCUT2D eigenvalue weighted by Crippen LogP contribution is -2.16. The number of rotatable bonds is 6. The van der Waals surface area contributed by atoms with E-state index in [0.29, 0.717) is 17.9 Å². The van der Waals surface area contributed by atoms with Gasteiger partial charge in [0.25, 0.3) is 0 Å². The number of hydrazone groups is 1. The third-order valence-corrected chi connectivity index (χ3v) is 5.44. The van der Waals surface area contributed by atoms with Crippen molar-refractivity contribution in [2.75, 3.05) is 6.79 Å². The van der Waals surface area contributed by atoms with Crippen molar-refractivity contribution < 1.29 is 23.4 Å². The fraction of sp³-hybridized carbons (Fsp3) is 0.0833. The predicted molar refractivity (Wildman–Crippen MR) is 122 cm³/mol. The SMILES string of the molecule is O=C(N/N=C/c1ccc(OCc2ccc3c(c2)OCO3)c(Br)c1)c1cc2ccccc2o1. The molecule has 2 heterocycles. The number of halogens is 1. The molecule has 0 atom stereocenters. The second-order valence-corrected chi connectivity index (χ2v) is 7.87. The average Bonchev–Trinajstić information content (AvgIpc) is 3.45. The number of nitrogens with zero attached hydrogens (tertiary/aromatic N) is 1. The van der Waals surface area contributed by atoms with Gasteiger partial charge < -0.3 is 18.6 Å². The first kappa shape index (κ1) is 20.1. The van der Waals surface area contributed by atoms with E-state index < -0.39 is 5.91 Å². The van der Waals surface area contributed by atoms with Crippen molar-refractivity contribution in [3.63, 3.8) is 0 Å². The van der Waals surface area contributed by atoms with Gasteiger partial charge in [0.15, 0.2) is 17.3 Å². The van der Waals surface area contributed by atoms with Crippen LogP contribution in [-0.2, 0) is 6.61 Å². The summed E-state index contributed by atoms with van der Waals surface area (Å²) in [4.78, 5) is 12.3. The topological polar surface area (TPSA) is 82.3 Å². The number of para-hydroxylation sites is 1. The Bertz CT molecular complexity index is 1300. The molecule has 5 rings (SSSR count). The molecule has 1 aromatic heterocycles. The van der Waals surface area contributed by atoms with Crippen LogP contribution in [0.1, 0.15) is 21.7 Å². The van der Waals surface area contributed by atoms with Crippen LogP contribution < -0.4 is 19.6 Å². The van der Waals surface area contributed by atoms with E-state index in [1.807, 2.05) is 60.7 Å². The van der Waals surface area contributed by atoms with Gasteiger partial charge in [0.1, 0.15) is 17.9 Å². The predicted octanol–water partition coefficient (Wildman–Crippen LogP) is 5.27. The van der Waals surface area contributed by atoms with E-state index >= 15 is 0 Å². The molecule has 160 valence electrons. The maximum absolute atomic E-state index is 12.3. The van der Waals surface area contributed by atoms with Crippen LogP contribution in [0.2, 0.25) is 0 Å². The second kappa shape index (κ2) is 8.76. The number of nitrogens with one attached hydrogen (secondary N) is 1. The Morgan fingerprint density at radius 3 is 2.81 bits per heavy atom. The van der Waals surface area contributed by atoms with Crippen LogP contribution in [0, 0.1) is 0 Å². The molecule has 0 spiro atoms. The number of ether oxygens (including phenoxy) is 3. The minimum atomic E-state index is -0.416. The van der Waals surface area contributed by atoms with Gasteiger partial charge in [-0.3, -0.25) is 4.79 Å². The zero-order chi connectivity index (χ0) is 21.9. The number of hydrogen-bond acceptors (Lipinski definition) is 6. The summed E-state index contributed by atoms with van der Waals surface area (Å²) in [5, 5.41) is 4.88. The first-order valence-corrected chi connectivity index (χ1v) is 10.6. The molecule has 0 unspecified atom stereocenters. The van der Waals surface area contributed by atoms with E-state index in [1.165, 1.54) is 0 Å². The van der Waals surface area contributed by atoms with Gasteiger partial charge in [-0.05, 0) is 69.5 Å². The van der Waals surface area contributed by atoms with Crippen molar-refractivity contribution in [3.05, 3.63) is 88.1 Å². The Hall–Kier alpha value is -3.78. The molecule has 7 nitrogen and oxygen atoms in total. The molecule has 0 aliphatic carbocycles. The van der Waals surface area contributed by atoms with Gasteiger partial charge in [0.2, 0.25) is 6.79 Å².